The first-order valence-electron chi connectivity index (χ1n) is 6.32. The van der Waals surface area contributed by atoms with Crippen LogP contribution in [0, 0.1) is 0 Å². The first kappa shape index (κ1) is 12.9. The van der Waals surface area contributed by atoms with Crippen molar-refractivity contribution < 1.29 is 5.11 Å². The first-order valence-corrected chi connectivity index (χ1v) is 6.32. The second-order valence-corrected chi connectivity index (χ2v) is 4.32. The molecule has 0 saturated heterocycles. The van der Waals surface area contributed by atoms with Gasteiger partial charge in [-0.15, -0.1) is 5.11 Å². The summed E-state index contributed by atoms with van der Waals surface area (Å²) in [4.78, 5) is 11.9. The highest BCUT2D eigenvalue weighted by molar-refractivity contribution is 5.49. The Kier molecular flexibility index (Phi) is 3.34. The van der Waals surface area contributed by atoms with Crippen molar-refractivity contribution in [3.05, 3.63) is 71.0 Å². The fourth-order valence-corrected chi connectivity index (χ4v) is 1.87. The van der Waals surface area contributed by atoms with Crippen LogP contribution in [0.5, 0.6) is 5.88 Å². The molecular formula is C15H12N4O2. The number of hydrogen-bond acceptors (Lipinski definition) is 4. The summed E-state index contributed by atoms with van der Waals surface area (Å²) < 4.78 is 1.27. The van der Waals surface area contributed by atoms with Crippen LogP contribution in [0.2, 0.25) is 0 Å². The minimum Gasteiger partial charge on any atom is -0.492 e. The molecule has 1 aromatic heterocycles. The molecule has 2 N–H and O–H groups in total. The number of H-pyrrole nitrogens is 1. The summed E-state index contributed by atoms with van der Waals surface area (Å²) in [5, 5.41) is 20.4. The predicted octanol–water partition coefficient (Wildman–Crippen LogP) is 3.29. The largest absolute Gasteiger partial charge is 0.492 e. The summed E-state index contributed by atoms with van der Waals surface area (Å²) in [5.41, 5.74) is 0.607. The molecule has 0 aliphatic carbocycles. The van der Waals surface area contributed by atoms with Gasteiger partial charge in [-0.25, -0.2) is 4.68 Å². The van der Waals surface area contributed by atoms with E-state index in [0.29, 0.717) is 11.4 Å². The summed E-state index contributed by atoms with van der Waals surface area (Å²) in [6.45, 7) is 0. The Labute approximate surface area is 120 Å². The van der Waals surface area contributed by atoms with Crippen LogP contribution in [0.4, 0.5) is 11.4 Å². The molecule has 6 heteroatoms. The second kappa shape index (κ2) is 5.46. The van der Waals surface area contributed by atoms with E-state index >= 15 is 0 Å². The van der Waals surface area contributed by atoms with Crippen molar-refractivity contribution in [1.82, 2.24) is 9.78 Å². The zero-order chi connectivity index (χ0) is 14.7. The Bertz CT molecular complexity index is 820. The molecule has 0 fully saturated rings. The summed E-state index contributed by atoms with van der Waals surface area (Å²) in [7, 11) is 0. The third-order valence-corrected chi connectivity index (χ3v) is 2.89. The minimum absolute atomic E-state index is 0.122. The Morgan fingerprint density at radius 3 is 2.19 bits per heavy atom. The van der Waals surface area contributed by atoms with Crippen molar-refractivity contribution in [2.75, 3.05) is 0 Å². The SMILES string of the molecule is O=c1[nH]n(-c2ccccc2)c(O)c1N=Nc1ccccc1. The molecule has 0 saturated carbocycles. The van der Waals surface area contributed by atoms with Gasteiger partial charge in [0.05, 0.1) is 11.4 Å². The van der Waals surface area contributed by atoms with Gasteiger partial charge in [0.15, 0.2) is 0 Å². The maximum Gasteiger partial charge on any atom is 0.296 e. The molecule has 3 rings (SSSR count). The highest BCUT2D eigenvalue weighted by Crippen LogP contribution is 2.26. The summed E-state index contributed by atoms with van der Waals surface area (Å²) in [6, 6.07) is 18.0. The molecule has 0 unspecified atom stereocenters. The molecule has 6 nitrogen and oxygen atoms in total. The van der Waals surface area contributed by atoms with Crippen LogP contribution in [0.3, 0.4) is 0 Å². The predicted molar refractivity (Wildman–Crippen MR) is 78.7 cm³/mol. The van der Waals surface area contributed by atoms with Crippen LogP contribution in [-0.2, 0) is 0 Å². The number of aromatic hydroxyl groups is 1. The van der Waals surface area contributed by atoms with Gasteiger partial charge in [0.2, 0.25) is 11.6 Å². The minimum atomic E-state index is -0.504. The van der Waals surface area contributed by atoms with Gasteiger partial charge in [0, 0.05) is 0 Å². The van der Waals surface area contributed by atoms with Gasteiger partial charge in [-0.3, -0.25) is 9.89 Å². The topological polar surface area (TPSA) is 82.7 Å². The van der Waals surface area contributed by atoms with Gasteiger partial charge < -0.3 is 5.11 Å². The van der Waals surface area contributed by atoms with Gasteiger partial charge in [-0.2, -0.15) is 5.11 Å². The average Bonchev–Trinajstić information content (AvgIpc) is 2.82. The maximum absolute atomic E-state index is 11.9. The molecule has 0 radical (unpaired) electrons. The number of azo groups is 1. The van der Waals surface area contributed by atoms with Crippen LogP contribution < -0.4 is 5.56 Å². The zero-order valence-corrected chi connectivity index (χ0v) is 11.0. The highest BCUT2D eigenvalue weighted by Gasteiger charge is 2.14. The standard InChI is InChI=1S/C15H12N4O2/c20-14-13(17-16-11-7-3-1-4-8-11)15(21)19(18-14)12-9-5-2-6-10-12/h1-10,21H,(H,18,20). The van der Waals surface area contributed by atoms with Crippen molar-refractivity contribution in [3.8, 4) is 11.6 Å². The first-order chi connectivity index (χ1) is 10.3. The second-order valence-electron chi connectivity index (χ2n) is 4.32. The molecule has 0 spiro atoms. The Hall–Kier alpha value is -3.15. The molecule has 104 valence electrons. The van der Waals surface area contributed by atoms with Crippen molar-refractivity contribution in [2.45, 2.75) is 0 Å². The molecule has 0 amide bonds. The van der Waals surface area contributed by atoms with Gasteiger partial charge >= 0.3 is 0 Å². The van der Waals surface area contributed by atoms with Crippen molar-refractivity contribution in [2.24, 2.45) is 10.2 Å². The van der Waals surface area contributed by atoms with E-state index in [1.165, 1.54) is 4.68 Å². The molecule has 0 aliphatic heterocycles. The molecule has 0 bridgehead atoms. The smallest absolute Gasteiger partial charge is 0.296 e. The number of hydrogen-bond donors (Lipinski definition) is 2. The molecule has 3 aromatic rings. The Balaban J connectivity index is 2.00. The van der Waals surface area contributed by atoms with Crippen LogP contribution in [0.1, 0.15) is 0 Å². The van der Waals surface area contributed by atoms with E-state index in [2.05, 4.69) is 15.3 Å². The number of aromatic nitrogens is 2. The summed E-state index contributed by atoms with van der Waals surface area (Å²) >= 11 is 0. The van der Waals surface area contributed by atoms with Crippen LogP contribution >= 0.6 is 0 Å². The van der Waals surface area contributed by atoms with Gasteiger partial charge in [0.25, 0.3) is 5.56 Å². The molecule has 21 heavy (non-hydrogen) atoms. The normalized spacial score (nSPS) is 11.0. The van der Waals surface area contributed by atoms with Crippen molar-refractivity contribution in [1.29, 1.82) is 0 Å². The lowest BCUT2D eigenvalue weighted by atomic mass is 10.3. The Morgan fingerprint density at radius 2 is 1.52 bits per heavy atom. The molecule has 0 atom stereocenters. The Morgan fingerprint density at radius 1 is 0.905 bits per heavy atom. The highest BCUT2D eigenvalue weighted by atomic mass is 16.3. The van der Waals surface area contributed by atoms with E-state index in [9.17, 15) is 9.90 Å². The van der Waals surface area contributed by atoms with Crippen LogP contribution in [0.25, 0.3) is 5.69 Å². The number of nitrogens with one attached hydrogen (secondary N) is 1. The monoisotopic (exact) mass is 280 g/mol. The number of aromatic amines is 1. The average molecular weight is 280 g/mol. The molecule has 0 aliphatic rings. The fraction of sp³-hybridized carbons (Fsp3) is 0. The third kappa shape index (κ3) is 2.59. The van der Waals surface area contributed by atoms with Crippen molar-refractivity contribution in [3.63, 3.8) is 0 Å². The van der Waals surface area contributed by atoms with Crippen LogP contribution in [-0.4, -0.2) is 14.9 Å². The number of nitrogens with zero attached hydrogens (tertiary/aromatic N) is 3. The molecule has 2 aromatic carbocycles. The van der Waals surface area contributed by atoms with E-state index in [1.54, 1.807) is 36.4 Å². The lowest BCUT2D eigenvalue weighted by Gasteiger charge is -2.02. The van der Waals surface area contributed by atoms with E-state index in [-0.39, 0.29) is 11.6 Å². The maximum atomic E-state index is 11.9. The van der Waals surface area contributed by atoms with Gasteiger partial charge in [0.1, 0.15) is 0 Å². The van der Waals surface area contributed by atoms with Gasteiger partial charge in [-0.1, -0.05) is 36.4 Å². The number of benzene rings is 2. The van der Waals surface area contributed by atoms with Gasteiger partial charge in [-0.05, 0) is 24.3 Å². The number of para-hydroxylation sites is 1. The molecular weight excluding hydrogens is 268 g/mol. The van der Waals surface area contributed by atoms with Crippen molar-refractivity contribution >= 4 is 11.4 Å². The number of rotatable bonds is 3. The van der Waals surface area contributed by atoms with Crippen LogP contribution in [0.15, 0.2) is 75.7 Å². The van der Waals surface area contributed by atoms with E-state index in [0.717, 1.165) is 0 Å². The van der Waals surface area contributed by atoms with E-state index in [4.69, 9.17) is 0 Å². The third-order valence-electron chi connectivity index (χ3n) is 2.89. The summed E-state index contributed by atoms with van der Waals surface area (Å²) in [5.74, 6) is -0.272. The fourth-order valence-electron chi connectivity index (χ4n) is 1.87. The van der Waals surface area contributed by atoms with E-state index < -0.39 is 5.56 Å². The molecule has 1 heterocycles. The quantitative estimate of drug-likeness (QED) is 0.722. The zero-order valence-electron chi connectivity index (χ0n) is 11.0. The lowest BCUT2D eigenvalue weighted by molar-refractivity contribution is 0.434. The van der Waals surface area contributed by atoms with E-state index in [1.807, 2.05) is 24.3 Å². The lowest BCUT2D eigenvalue weighted by Crippen LogP contribution is -2.03. The summed E-state index contributed by atoms with van der Waals surface area (Å²) in [6.07, 6.45) is 0.